The zero-order valence-electron chi connectivity index (χ0n) is 10.4. The third-order valence-electron chi connectivity index (χ3n) is 2.50. The fourth-order valence-corrected chi connectivity index (χ4v) is 1.60. The van der Waals surface area contributed by atoms with E-state index in [1.165, 1.54) is 0 Å². The fourth-order valence-electron chi connectivity index (χ4n) is 1.60. The predicted molar refractivity (Wildman–Crippen MR) is 72.8 cm³/mol. The minimum atomic E-state index is 0.524. The Hall–Kier alpha value is -2.16. The lowest BCUT2D eigenvalue weighted by Crippen LogP contribution is -1.97. The largest absolute Gasteiger partial charge is 0.494 e. The molecule has 2 aromatic rings. The van der Waals surface area contributed by atoms with Crippen molar-refractivity contribution in [3.8, 4) is 11.5 Å². The minimum Gasteiger partial charge on any atom is -0.494 e. The molecule has 0 aliphatic rings. The summed E-state index contributed by atoms with van der Waals surface area (Å²) < 4.78 is 11.1. The first-order valence-corrected chi connectivity index (χ1v) is 5.98. The zero-order valence-corrected chi connectivity index (χ0v) is 10.4. The van der Waals surface area contributed by atoms with Crippen LogP contribution in [0.15, 0.2) is 48.5 Å². The van der Waals surface area contributed by atoms with E-state index >= 15 is 0 Å². The van der Waals surface area contributed by atoms with Crippen molar-refractivity contribution in [1.82, 2.24) is 0 Å². The van der Waals surface area contributed by atoms with Gasteiger partial charge in [0.25, 0.3) is 0 Å². The van der Waals surface area contributed by atoms with Crippen LogP contribution in [0.5, 0.6) is 11.5 Å². The van der Waals surface area contributed by atoms with Gasteiger partial charge in [-0.05, 0) is 36.8 Å². The van der Waals surface area contributed by atoms with Crippen LogP contribution in [0.2, 0.25) is 0 Å². The highest BCUT2D eigenvalue weighted by Gasteiger charge is 1.98. The van der Waals surface area contributed by atoms with Crippen molar-refractivity contribution >= 4 is 5.69 Å². The van der Waals surface area contributed by atoms with E-state index in [1.54, 1.807) is 0 Å². The van der Waals surface area contributed by atoms with Gasteiger partial charge in [0.15, 0.2) is 0 Å². The van der Waals surface area contributed by atoms with Crippen molar-refractivity contribution in [2.24, 2.45) is 0 Å². The lowest BCUT2D eigenvalue weighted by molar-refractivity contribution is 0.299. The number of benzene rings is 2. The summed E-state index contributed by atoms with van der Waals surface area (Å²) in [5.74, 6) is 1.63. The van der Waals surface area contributed by atoms with E-state index in [0.717, 1.165) is 22.7 Å². The molecule has 2 rings (SSSR count). The molecule has 2 N–H and O–H groups in total. The molecule has 0 saturated carbocycles. The van der Waals surface area contributed by atoms with E-state index in [4.69, 9.17) is 15.2 Å². The van der Waals surface area contributed by atoms with Crippen molar-refractivity contribution in [2.75, 3.05) is 12.3 Å². The molecule has 0 spiro atoms. The first kappa shape index (κ1) is 12.3. The van der Waals surface area contributed by atoms with Crippen LogP contribution < -0.4 is 15.2 Å². The van der Waals surface area contributed by atoms with Crippen LogP contribution in [-0.4, -0.2) is 6.61 Å². The molecular formula is C15H17NO2. The molecule has 0 unspecified atom stereocenters. The van der Waals surface area contributed by atoms with Gasteiger partial charge in [-0.25, -0.2) is 0 Å². The second-order valence-electron chi connectivity index (χ2n) is 3.94. The van der Waals surface area contributed by atoms with E-state index in [2.05, 4.69) is 0 Å². The maximum absolute atomic E-state index is 5.70. The molecular weight excluding hydrogens is 226 g/mol. The molecule has 0 atom stereocenters. The van der Waals surface area contributed by atoms with E-state index in [1.807, 2.05) is 55.5 Å². The number of hydrogen-bond acceptors (Lipinski definition) is 3. The molecule has 0 amide bonds. The fraction of sp³-hybridized carbons (Fsp3) is 0.200. The van der Waals surface area contributed by atoms with Crippen molar-refractivity contribution in [3.05, 3.63) is 54.1 Å². The number of ether oxygens (including phenoxy) is 2. The maximum Gasteiger partial charge on any atom is 0.123 e. The van der Waals surface area contributed by atoms with E-state index in [0.29, 0.717) is 13.2 Å². The van der Waals surface area contributed by atoms with Gasteiger partial charge in [-0.15, -0.1) is 0 Å². The summed E-state index contributed by atoms with van der Waals surface area (Å²) >= 11 is 0. The second-order valence-corrected chi connectivity index (χ2v) is 3.94. The van der Waals surface area contributed by atoms with Crippen LogP contribution in [0.4, 0.5) is 5.69 Å². The van der Waals surface area contributed by atoms with Gasteiger partial charge in [0.05, 0.1) is 6.61 Å². The zero-order chi connectivity index (χ0) is 12.8. The highest BCUT2D eigenvalue weighted by Crippen LogP contribution is 2.20. The molecule has 0 aliphatic heterocycles. The molecule has 0 aliphatic carbocycles. The van der Waals surface area contributed by atoms with Crippen LogP contribution in [0.3, 0.4) is 0 Å². The molecule has 2 aromatic carbocycles. The SMILES string of the molecule is CCOc1cccc(OCc2ccc(N)cc2)c1. The monoisotopic (exact) mass is 243 g/mol. The molecule has 0 heterocycles. The standard InChI is InChI=1S/C15H17NO2/c1-2-17-14-4-3-5-15(10-14)18-11-12-6-8-13(16)9-7-12/h3-10H,2,11,16H2,1H3. The Bertz CT molecular complexity index is 494. The van der Waals surface area contributed by atoms with Gasteiger partial charge in [0.2, 0.25) is 0 Å². The van der Waals surface area contributed by atoms with E-state index < -0.39 is 0 Å². The van der Waals surface area contributed by atoms with Crippen molar-refractivity contribution in [2.45, 2.75) is 13.5 Å². The van der Waals surface area contributed by atoms with Crippen LogP contribution in [0, 0.1) is 0 Å². The summed E-state index contributed by atoms with van der Waals surface area (Å²) in [6.07, 6.45) is 0. The Balaban J connectivity index is 1.97. The number of nitrogen functional groups attached to an aromatic ring is 1. The molecule has 0 bridgehead atoms. The number of hydrogen-bond donors (Lipinski definition) is 1. The molecule has 0 saturated heterocycles. The Labute approximate surface area is 107 Å². The minimum absolute atomic E-state index is 0.524. The lowest BCUT2D eigenvalue weighted by atomic mass is 10.2. The first-order valence-electron chi connectivity index (χ1n) is 5.98. The number of nitrogens with two attached hydrogens (primary N) is 1. The Morgan fingerprint density at radius 3 is 2.28 bits per heavy atom. The topological polar surface area (TPSA) is 44.5 Å². The summed E-state index contributed by atoms with van der Waals surface area (Å²) in [5, 5.41) is 0. The normalized spacial score (nSPS) is 10.1. The van der Waals surface area contributed by atoms with Crippen molar-refractivity contribution in [3.63, 3.8) is 0 Å². The average Bonchev–Trinajstić information content (AvgIpc) is 2.39. The summed E-state index contributed by atoms with van der Waals surface area (Å²) in [7, 11) is 0. The third kappa shape index (κ3) is 3.42. The predicted octanol–water partition coefficient (Wildman–Crippen LogP) is 3.25. The smallest absolute Gasteiger partial charge is 0.123 e. The van der Waals surface area contributed by atoms with Crippen LogP contribution in [-0.2, 0) is 6.61 Å². The highest BCUT2D eigenvalue weighted by atomic mass is 16.5. The molecule has 3 heteroatoms. The number of anilines is 1. The summed E-state index contributed by atoms with van der Waals surface area (Å²) in [5.41, 5.74) is 7.48. The van der Waals surface area contributed by atoms with Crippen LogP contribution in [0.1, 0.15) is 12.5 Å². The van der Waals surface area contributed by atoms with Crippen LogP contribution in [0.25, 0.3) is 0 Å². The van der Waals surface area contributed by atoms with Crippen molar-refractivity contribution < 1.29 is 9.47 Å². The lowest BCUT2D eigenvalue weighted by Gasteiger charge is -2.08. The third-order valence-corrected chi connectivity index (χ3v) is 2.50. The van der Waals surface area contributed by atoms with Gasteiger partial charge >= 0.3 is 0 Å². The van der Waals surface area contributed by atoms with Gasteiger partial charge < -0.3 is 15.2 Å². The second kappa shape index (κ2) is 5.96. The number of rotatable bonds is 5. The molecule has 3 nitrogen and oxygen atoms in total. The van der Waals surface area contributed by atoms with Crippen molar-refractivity contribution in [1.29, 1.82) is 0 Å². The summed E-state index contributed by atoms with van der Waals surface area (Å²) in [4.78, 5) is 0. The quantitative estimate of drug-likeness (QED) is 0.820. The molecule has 0 fully saturated rings. The van der Waals surface area contributed by atoms with Gasteiger partial charge in [-0.2, -0.15) is 0 Å². The van der Waals surface area contributed by atoms with E-state index in [-0.39, 0.29) is 0 Å². The molecule has 18 heavy (non-hydrogen) atoms. The Kier molecular flexibility index (Phi) is 4.07. The average molecular weight is 243 g/mol. The molecule has 0 radical (unpaired) electrons. The first-order chi connectivity index (χ1) is 8.78. The summed E-state index contributed by atoms with van der Waals surface area (Å²) in [6, 6.07) is 15.3. The Morgan fingerprint density at radius 1 is 0.944 bits per heavy atom. The maximum atomic E-state index is 5.70. The van der Waals surface area contributed by atoms with Crippen LogP contribution >= 0.6 is 0 Å². The van der Waals surface area contributed by atoms with Gasteiger partial charge in [0, 0.05) is 11.8 Å². The Morgan fingerprint density at radius 2 is 1.61 bits per heavy atom. The van der Waals surface area contributed by atoms with Gasteiger partial charge in [0.1, 0.15) is 18.1 Å². The highest BCUT2D eigenvalue weighted by molar-refractivity contribution is 5.39. The van der Waals surface area contributed by atoms with Gasteiger partial charge in [-0.3, -0.25) is 0 Å². The summed E-state index contributed by atoms with van der Waals surface area (Å²) in [6.45, 7) is 3.14. The van der Waals surface area contributed by atoms with E-state index in [9.17, 15) is 0 Å². The van der Waals surface area contributed by atoms with Gasteiger partial charge in [-0.1, -0.05) is 18.2 Å². The molecule has 94 valence electrons. The molecule has 0 aromatic heterocycles.